The third-order valence-corrected chi connectivity index (χ3v) is 5.42. The second-order valence-corrected chi connectivity index (χ2v) is 8.37. The number of ether oxygens (including phenoxy) is 2. The van der Waals surface area contributed by atoms with Crippen LogP contribution in [-0.4, -0.2) is 37.0 Å². The number of benzene rings is 3. The van der Waals surface area contributed by atoms with Gasteiger partial charge in [0.15, 0.2) is 5.78 Å². The van der Waals surface area contributed by atoms with E-state index in [1.807, 2.05) is 44.2 Å². The molecule has 0 saturated heterocycles. The standard InChI is InChI=1S/C24H20O6.C5H12.C2H6.CH5N/c1-15(25)17-11-12-18(20(13-17)24(28)29-2)19-9-6-10-21(22(19)23(26)27)30-14-16-7-4-3-5-8-16;1-4-5(2)3;2*1-2/h3-13H,14H2,1-2H3,(H,26,27);5H,4H2,1-3H3;1-2H3;2H2,1H3. The monoisotopic (exact) mass is 537 g/mol. The summed E-state index contributed by atoms with van der Waals surface area (Å²) in [5.41, 5.74) is 6.38. The molecule has 0 aliphatic carbocycles. The fraction of sp³-hybridized carbons (Fsp3) is 0.344. The Labute approximate surface area is 233 Å². The summed E-state index contributed by atoms with van der Waals surface area (Å²) in [7, 11) is 2.73. The van der Waals surface area contributed by atoms with Crippen LogP contribution < -0.4 is 10.5 Å². The molecule has 0 unspecified atom stereocenters. The molecule has 39 heavy (non-hydrogen) atoms. The lowest BCUT2D eigenvalue weighted by Crippen LogP contribution is -2.09. The predicted octanol–water partition coefficient (Wildman–Crippen LogP) is 7.27. The van der Waals surface area contributed by atoms with Crippen LogP contribution in [0.25, 0.3) is 11.1 Å². The second kappa shape index (κ2) is 19.2. The van der Waals surface area contributed by atoms with Gasteiger partial charge in [-0.15, -0.1) is 0 Å². The van der Waals surface area contributed by atoms with E-state index in [0.717, 1.165) is 11.5 Å². The molecule has 3 aromatic rings. The van der Waals surface area contributed by atoms with Gasteiger partial charge in [0, 0.05) is 11.1 Å². The number of ketones is 1. The molecule has 212 valence electrons. The van der Waals surface area contributed by atoms with Crippen LogP contribution in [0.5, 0.6) is 5.75 Å². The average Bonchev–Trinajstić information content (AvgIpc) is 2.97. The Bertz CT molecular complexity index is 1170. The number of esters is 1. The van der Waals surface area contributed by atoms with Crippen molar-refractivity contribution >= 4 is 17.7 Å². The van der Waals surface area contributed by atoms with Gasteiger partial charge in [-0.05, 0) is 43.1 Å². The first kappa shape index (κ1) is 35.0. The minimum absolute atomic E-state index is 0.0749. The summed E-state index contributed by atoms with van der Waals surface area (Å²) in [5, 5.41) is 9.88. The van der Waals surface area contributed by atoms with Gasteiger partial charge in [0.1, 0.15) is 17.9 Å². The molecule has 0 amide bonds. The minimum atomic E-state index is -1.19. The van der Waals surface area contributed by atoms with Gasteiger partial charge < -0.3 is 20.3 Å². The zero-order valence-electron chi connectivity index (χ0n) is 24.4. The van der Waals surface area contributed by atoms with Gasteiger partial charge in [0.25, 0.3) is 0 Å². The van der Waals surface area contributed by atoms with E-state index in [1.165, 1.54) is 33.6 Å². The van der Waals surface area contributed by atoms with Crippen molar-refractivity contribution in [3.63, 3.8) is 0 Å². The van der Waals surface area contributed by atoms with Crippen LogP contribution in [0.2, 0.25) is 0 Å². The van der Waals surface area contributed by atoms with Crippen molar-refractivity contribution in [2.45, 2.75) is 54.6 Å². The highest BCUT2D eigenvalue weighted by molar-refractivity contribution is 6.06. The molecule has 7 heteroatoms. The van der Waals surface area contributed by atoms with Gasteiger partial charge in [-0.3, -0.25) is 4.79 Å². The number of hydrogen-bond acceptors (Lipinski definition) is 6. The van der Waals surface area contributed by atoms with Gasteiger partial charge in [-0.1, -0.05) is 95.6 Å². The summed E-state index contributed by atoms with van der Waals surface area (Å²) >= 11 is 0. The first-order valence-corrected chi connectivity index (χ1v) is 13.0. The second-order valence-electron chi connectivity index (χ2n) is 8.37. The summed E-state index contributed by atoms with van der Waals surface area (Å²) in [4.78, 5) is 36.2. The maximum absolute atomic E-state index is 12.3. The number of carbonyl (C=O) groups is 3. The van der Waals surface area contributed by atoms with Gasteiger partial charge in [0.2, 0.25) is 0 Å². The number of rotatable bonds is 8. The Morgan fingerprint density at radius 1 is 0.897 bits per heavy atom. The maximum Gasteiger partial charge on any atom is 0.340 e. The van der Waals surface area contributed by atoms with Crippen LogP contribution in [-0.2, 0) is 11.3 Å². The molecule has 0 aromatic heterocycles. The normalized spacial score (nSPS) is 9.49. The van der Waals surface area contributed by atoms with Crippen molar-refractivity contribution in [1.29, 1.82) is 0 Å². The molecule has 7 nitrogen and oxygen atoms in total. The van der Waals surface area contributed by atoms with Crippen molar-refractivity contribution in [1.82, 2.24) is 0 Å². The third kappa shape index (κ3) is 11.1. The van der Waals surface area contributed by atoms with Crippen molar-refractivity contribution in [2.75, 3.05) is 14.2 Å². The van der Waals surface area contributed by atoms with Gasteiger partial charge in [-0.2, -0.15) is 0 Å². The summed E-state index contributed by atoms with van der Waals surface area (Å²) in [6.45, 7) is 12.2. The molecule has 0 heterocycles. The highest BCUT2D eigenvalue weighted by Gasteiger charge is 2.23. The zero-order valence-corrected chi connectivity index (χ0v) is 24.4. The first-order valence-electron chi connectivity index (χ1n) is 13.0. The number of carboxylic acids is 1. The van der Waals surface area contributed by atoms with E-state index in [4.69, 9.17) is 9.47 Å². The number of aromatic carboxylic acids is 1. The largest absolute Gasteiger partial charge is 0.488 e. The molecule has 3 aromatic carbocycles. The molecular formula is C32H43NO6. The van der Waals surface area contributed by atoms with E-state index in [2.05, 4.69) is 26.5 Å². The van der Waals surface area contributed by atoms with E-state index in [0.29, 0.717) is 16.7 Å². The lowest BCUT2D eigenvalue weighted by molar-refractivity contribution is 0.0600. The molecule has 3 N–H and O–H groups in total. The summed E-state index contributed by atoms with van der Waals surface area (Å²) in [6, 6.07) is 18.7. The van der Waals surface area contributed by atoms with E-state index in [9.17, 15) is 19.5 Å². The van der Waals surface area contributed by atoms with Gasteiger partial charge in [-0.25, -0.2) is 9.59 Å². The molecule has 0 spiro atoms. The van der Waals surface area contributed by atoms with Crippen molar-refractivity contribution in [2.24, 2.45) is 11.7 Å². The van der Waals surface area contributed by atoms with Crippen LogP contribution in [0.15, 0.2) is 66.7 Å². The Morgan fingerprint density at radius 2 is 1.49 bits per heavy atom. The number of carboxylic acid groups (broad SMARTS) is 1. The Hall–Kier alpha value is -3.97. The van der Waals surface area contributed by atoms with E-state index >= 15 is 0 Å². The molecule has 0 saturated carbocycles. The molecule has 3 rings (SSSR count). The number of Topliss-reactive ketones (excluding diaryl/α,β-unsaturated/α-hetero) is 1. The van der Waals surface area contributed by atoms with Crippen LogP contribution in [0, 0.1) is 5.92 Å². The van der Waals surface area contributed by atoms with Crippen molar-refractivity contribution < 1.29 is 29.0 Å². The number of methoxy groups -OCH3 is 1. The van der Waals surface area contributed by atoms with Crippen molar-refractivity contribution in [3.8, 4) is 16.9 Å². The fourth-order valence-corrected chi connectivity index (χ4v) is 3.11. The fourth-order valence-electron chi connectivity index (χ4n) is 3.11. The third-order valence-electron chi connectivity index (χ3n) is 5.42. The highest BCUT2D eigenvalue weighted by Crippen LogP contribution is 2.34. The first-order chi connectivity index (χ1) is 18.7. The zero-order chi connectivity index (χ0) is 30.0. The molecule has 0 aliphatic rings. The van der Waals surface area contributed by atoms with Crippen LogP contribution in [0.3, 0.4) is 0 Å². The Morgan fingerprint density at radius 3 is 1.97 bits per heavy atom. The predicted molar refractivity (Wildman–Crippen MR) is 158 cm³/mol. The minimum Gasteiger partial charge on any atom is -0.488 e. The maximum atomic E-state index is 12.3. The average molecular weight is 538 g/mol. The van der Waals surface area contributed by atoms with E-state index < -0.39 is 11.9 Å². The molecule has 0 fully saturated rings. The van der Waals surface area contributed by atoms with Crippen LogP contribution >= 0.6 is 0 Å². The Balaban J connectivity index is 0.00000142. The highest BCUT2D eigenvalue weighted by atomic mass is 16.5. The number of hydrogen-bond donors (Lipinski definition) is 2. The number of carbonyl (C=O) groups excluding carboxylic acids is 2. The quantitative estimate of drug-likeness (QED) is 0.229. The molecule has 0 bridgehead atoms. The van der Waals surface area contributed by atoms with E-state index in [1.54, 1.807) is 30.3 Å². The molecular weight excluding hydrogens is 494 g/mol. The molecule has 0 aliphatic heterocycles. The smallest absolute Gasteiger partial charge is 0.340 e. The molecule has 0 radical (unpaired) electrons. The molecule has 0 atom stereocenters. The Kier molecular flexibility index (Phi) is 17.2. The number of nitrogens with two attached hydrogens (primary N) is 1. The summed E-state index contributed by atoms with van der Waals surface area (Å²) < 4.78 is 10.6. The SMILES string of the molecule is CC.CCC(C)C.CN.COC(=O)c1cc(C(C)=O)ccc1-c1cccc(OCc2ccccc2)c1C(=O)O. The topological polar surface area (TPSA) is 116 Å². The van der Waals surface area contributed by atoms with Gasteiger partial charge in [0.05, 0.1) is 12.7 Å². The van der Waals surface area contributed by atoms with Crippen LogP contribution in [0.1, 0.15) is 84.6 Å². The van der Waals surface area contributed by atoms with E-state index in [-0.39, 0.29) is 29.3 Å². The van der Waals surface area contributed by atoms with Crippen molar-refractivity contribution in [3.05, 3.63) is 89.0 Å². The van der Waals surface area contributed by atoms with Crippen LogP contribution in [0.4, 0.5) is 0 Å². The lowest BCUT2D eigenvalue weighted by atomic mass is 9.92. The summed E-state index contributed by atoms with van der Waals surface area (Å²) in [5.74, 6) is -1.02. The lowest BCUT2D eigenvalue weighted by Gasteiger charge is -2.15. The van der Waals surface area contributed by atoms with Gasteiger partial charge >= 0.3 is 11.9 Å². The summed E-state index contributed by atoms with van der Waals surface area (Å²) in [6.07, 6.45) is 1.31.